The molecule has 0 spiro atoms. The average Bonchev–Trinajstić information content (AvgIpc) is 2.79. The third kappa shape index (κ3) is 3.63. The number of rotatable bonds is 5. The van der Waals surface area contributed by atoms with Gasteiger partial charge in [-0.3, -0.25) is 9.59 Å². The second-order valence-electron chi connectivity index (χ2n) is 8.26. The van der Waals surface area contributed by atoms with Crippen molar-refractivity contribution in [2.45, 2.75) is 57.4 Å². The first-order valence-electron chi connectivity index (χ1n) is 9.66. The van der Waals surface area contributed by atoms with Crippen molar-refractivity contribution < 1.29 is 14.0 Å². The summed E-state index contributed by atoms with van der Waals surface area (Å²) in [6.45, 7) is 0.933. The van der Waals surface area contributed by atoms with Crippen LogP contribution in [0.25, 0.3) is 0 Å². The van der Waals surface area contributed by atoms with Gasteiger partial charge in [0.15, 0.2) is 5.78 Å². The van der Waals surface area contributed by atoms with Crippen LogP contribution in [-0.4, -0.2) is 29.2 Å². The van der Waals surface area contributed by atoms with Crippen LogP contribution in [0.4, 0.5) is 4.39 Å². The van der Waals surface area contributed by atoms with Gasteiger partial charge in [0.2, 0.25) is 5.91 Å². The van der Waals surface area contributed by atoms with Crippen molar-refractivity contribution in [3.05, 3.63) is 35.6 Å². The fraction of sp³-hybridized carbons (Fsp3) is 0.619. The van der Waals surface area contributed by atoms with Gasteiger partial charge in [-0.15, -0.1) is 0 Å². The molecule has 0 N–H and O–H groups in total. The average molecular weight is 343 g/mol. The van der Waals surface area contributed by atoms with Crippen molar-refractivity contribution in [1.82, 2.24) is 4.90 Å². The fourth-order valence-corrected chi connectivity index (χ4v) is 5.41. The van der Waals surface area contributed by atoms with Crippen molar-refractivity contribution in [3.8, 4) is 0 Å². The molecular weight excluding hydrogens is 317 g/mol. The van der Waals surface area contributed by atoms with E-state index in [0.717, 1.165) is 18.4 Å². The van der Waals surface area contributed by atoms with Crippen LogP contribution < -0.4 is 0 Å². The molecule has 2 aliphatic carbocycles. The number of hydrogen-bond donors (Lipinski definition) is 0. The first-order chi connectivity index (χ1) is 12.1. The lowest BCUT2D eigenvalue weighted by atomic mass is 9.68. The quantitative estimate of drug-likeness (QED) is 0.751. The lowest BCUT2D eigenvalue weighted by Gasteiger charge is -2.39. The molecule has 1 aromatic carbocycles. The first-order valence-corrected chi connectivity index (χ1v) is 9.66. The minimum atomic E-state index is -0.336. The summed E-state index contributed by atoms with van der Waals surface area (Å²) in [7, 11) is 0. The van der Waals surface area contributed by atoms with Gasteiger partial charge in [0, 0.05) is 31.0 Å². The van der Waals surface area contributed by atoms with Crippen molar-refractivity contribution in [2.24, 2.45) is 17.8 Å². The van der Waals surface area contributed by atoms with E-state index in [2.05, 4.69) is 4.90 Å². The van der Waals surface area contributed by atoms with Gasteiger partial charge in [-0.05, 0) is 80.5 Å². The molecule has 4 bridgehead atoms. The summed E-state index contributed by atoms with van der Waals surface area (Å²) >= 11 is 0. The fourth-order valence-electron chi connectivity index (χ4n) is 5.41. The van der Waals surface area contributed by atoms with E-state index in [9.17, 15) is 14.0 Å². The van der Waals surface area contributed by atoms with Gasteiger partial charge >= 0.3 is 0 Å². The smallest absolute Gasteiger partial charge is 0.222 e. The highest BCUT2D eigenvalue weighted by Crippen LogP contribution is 2.47. The molecule has 0 radical (unpaired) electrons. The van der Waals surface area contributed by atoms with E-state index in [4.69, 9.17) is 0 Å². The number of benzene rings is 1. The summed E-state index contributed by atoms with van der Waals surface area (Å²) in [4.78, 5) is 27.0. The van der Waals surface area contributed by atoms with Crippen LogP contribution in [0.2, 0.25) is 0 Å². The summed E-state index contributed by atoms with van der Waals surface area (Å²) in [6, 6.07) is 6.09. The zero-order valence-electron chi connectivity index (χ0n) is 14.6. The molecule has 2 atom stereocenters. The molecule has 0 aromatic heterocycles. The van der Waals surface area contributed by atoms with Gasteiger partial charge < -0.3 is 4.90 Å². The molecule has 1 aromatic rings. The Hall–Kier alpha value is -1.71. The number of fused-ring (bicyclic) bond motifs is 1. The van der Waals surface area contributed by atoms with E-state index in [1.165, 1.54) is 56.4 Å². The number of hydrogen-bond acceptors (Lipinski definition) is 2. The van der Waals surface area contributed by atoms with E-state index >= 15 is 0 Å². The second-order valence-corrected chi connectivity index (χ2v) is 8.26. The minimum Gasteiger partial charge on any atom is -0.339 e. The molecule has 4 aliphatic rings. The third-order valence-electron chi connectivity index (χ3n) is 6.39. The van der Waals surface area contributed by atoms with Gasteiger partial charge in [-0.25, -0.2) is 4.39 Å². The second kappa shape index (κ2) is 6.89. The summed E-state index contributed by atoms with van der Waals surface area (Å²) in [5.41, 5.74) is 0.527. The largest absolute Gasteiger partial charge is 0.339 e. The van der Waals surface area contributed by atoms with Gasteiger partial charge in [0.1, 0.15) is 5.82 Å². The Morgan fingerprint density at radius 3 is 2.24 bits per heavy atom. The Kier molecular flexibility index (Phi) is 4.61. The van der Waals surface area contributed by atoms with Gasteiger partial charge in [-0.2, -0.15) is 0 Å². The molecule has 25 heavy (non-hydrogen) atoms. The van der Waals surface area contributed by atoms with Crippen LogP contribution in [0.3, 0.4) is 0 Å². The molecule has 3 nitrogen and oxygen atoms in total. The van der Waals surface area contributed by atoms with Crippen molar-refractivity contribution >= 4 is 11.7 Å². The maximum atomic E-state index is 12.9. The molecule has 4 heteroatoms. The molecule has 134 valence electrons. The lowest BCUT2D eigenvalue weighted by molar-refractivity contribution is -0.134. The maximum absolute atomic E-state index is 12.9. The summed E-state index contributed by atoms with van der Waals surface area (Å²) in [5.74, 6) is 2.24. The zero-order chi connectivity index (χ0) is 17.4. The number of amides is 1. The molecule has 2 saturated carbocycles. The normalized spacial score (nSPS) is 30.4. The number of halogens is 1. The molecular formula is C21H26FNO2. The Bertz CT molecular complexity index is 642. The monoisotopic (exact) mass is 343 g/mol. The van der Waals surface area contributed by atoms with Gasteiger partial charge in [0.25, 0.3) is 0 Å². The van der Waals surface area contributed by atoms with Crippen molar-refractivity contribution in [2.75, 3.05) is 6.54 Å². The van der Waals surface area contributed by atoms with Gasteiger partial charge in [-0.1, -0.05) is 0 Å². The van der Waals surface area contributed by atoms with E-state index < -0.39 is 0 Å². The van der Waals surface area contributed by atoms with E-state index in [1.54, 1.807) is 0 Å². The van der Waals surface area contributed by atoms with E-state index in [-0.39, 0.29) is 17.5 Å². The van der Waals surface area contributed by atoms with Crippen LogP contribution in [-0.2, 0) is 4.79 Å². The van der Waals surface area contributed by atoms with Gasteiger partial charge in [0.05, 0.1) is 0 Å². The first kappa shape index (κ1) is 16.7. The molecule has 5 rings (SSSR count). The lowest BCUT2D eigenvalue weighted by Crippen LogP contribution is -2.42. The number of carbonyl (C=O) groups is 2. The summed E-state index contributed by atoms with van der Waals surface area (Å²) in [6.07, 6.45) is 7.74. The Morgan fingerprint density at radius 1 is 0.920 bits per heavy atom. The topological polar surface area (TPSA) is 37.4 Å². The van der Waals surface area contributed by atoms with Crippen LogP contribution >= 0.6 is 0 Å². The number of ketones is 1. The maximum Gasteiger partial charge on any atom is 0.222 e. The van der Waals surface area contributed by atoms with Crippen LogP contribution in [0.15, 0.2) is 24.3 Å². The highest BCUT2D eigenvalue weighted by molar-refractivity contribution is 5.96. The zero-order valence-corrected chi connectivity index (χ0v) is 14.6. The third-order valence-corrected chi connectivity index (χ3v) is 6.39. The molecule has 2 saturated heterocycles. The predicted molar refractivity (Wildman–Crippen MR) is 93.6 cm³/mol. The Morgan fingerprint density at radius 2 is 1.56 bits per heavy atom. The van der Waals surface area contributed by atoms with E-state index in [1.807, 2.05) is 0 Å². The minimum absolute atomic E-state index is 0.0105. The molecule has 2 heterocycles. The molecule has 2 aliphatic heterocycles. The summed E-state index contributed by atoms with van der Waals surface area (Å²) < 4.78 is 12.9. The van der Waals surface area contributed by atoms with Crippen molar-refractivity contribution in [1.29, 1.82) is 0 Å². The molecule has 1 amide bonds. The summed E-state index contributed by atoms with van der Waals surface area (Å²) in [5, 5.41) is 0. The highest BCUT2D eigenvalue weighted by Gasteiger charge is 2.43. The number of Topliss-reactive ketones (excluding diaryl/α,β-unsaturated/α-hetero) is 1. The predicted octanol–water partition coefficient (Wildman–Crippen LogP) is 4.22. The number of nitrogens with zero attached hydrogens (tertiary/aromatic N) is 1. The Labute approximate surface area is 148 Å². The van der Waals surface area contributed by atoms with Crippen LogP contribution in [0.5, 0.6) is 0 Å². The van der Waals surface area contributed by atoms with Crippen LogP contribution in [0.1, 0.15) is 61.7 Å². The standard InChI is InChI=1S/C21H26FNO2/c22-18-6-4-17(5-7-18)20(24)2-1-3-21(25)23-13-16-9-14-8-15(10-16)12-19(23)11-14/h4-7,14-16,19H,1-3,8-13H2. The van der Waals surface area contributed by atoms with Crippen LogP contribution in [0, 0.1) is 23.6 Å². The molecule has 2 unspecified atom stereocenters. The van der Waals surface area contributed by atoms with E-state index in [0.29, 0.717) is 36.8 Å². The number of carbonyl (C=O) groups excluding carboxylic acids is 2. The van der Waals surface area contributed by atoms with Crippen molar-refractivity contribution in [3.63, 3.8) is 0 Å². The highest BCUT2D eigenvalue weighted by atomic mass is 19.1. The Balaban J connectivity index is 1.30. The molecule has 4 fully saturated rings. The SMILES string of the molecule is O=C(CCCC(=O)N1CC2CC3CC(C2)CC1C3)c1ccc(F)cc1.